The maximum absolute atomic E-state index is 12.9. The molecule has 34 heavy (non-hydrogen) atoms. The van der Waals surface area contributed by atoms with Gasteiger partial charge in [-0.1, -0.05) is 18.6 Å². The minimum atomic E-state index is 0.0606. The number of benzene rings is 2. The van der Waals surface area contributed by atoms with Gasteiger partial charge in [0.25, 0.3) is 0 Å². The van der Waals surface area contributed by atoms with E-state index in [0.29, 0.717) is 17.7 Å². The van der Waals surface area contributed by atoms with Crippen molar-refractivity contribution in [2.24, 2.45) is 0 Å². The fraction of sp³-hybridized carbons (Fsp3) is 0.345. The molecule has 0 radical (unpaired) electrons. The van der Waals surface area contributed by atoms with Crippen LogP contribution in [0.3, 0.4) is 0 Å². The summed E-state index contributed by atoms with van der Waals surface area (Å²) in [4.78, 5) is 17.4. The van der Waals surface area contributed by atoms with Crippen LogP contribution in [0.4, 0.5) is 0 Å². The van der Waals surface area contributed by atoms with Gasteiger partial charge in [0.05, 0.1) is 18.7 Å². The molecule has 1 aliphatic rings. The van der Waals surface area contributed by atoms with E-state index >= 15 is 0 Å². The highest BCUT2D eigenvalue weighted by Gasteiger charge is 2.15. The molecule has 0 spiro atoms. The van der Waals surface area contributed by atoms with E-state index in [1.54, 1.807) is 0 Å². The zero-order chi connectivity index (χ0) is 23.5. The van der Waals surface area contributed by atoms with Crippen molar-refractivity contribution in [2.45, 2.75) is 64.5 Å². The highest BCUT2D eigenvalue weighted by Crippen LogP contribution is 2.26. The number of fused-ring (bicyclic) bond motifs is 1. The lowest BCUT2D eigenvalue weighted by atomic mass is 9.98. The molecule has 1 fully saturated rings. The first kappa shape index (κ1) is 22.3. The van der Waals surface area contributed by atoms with Crippen molar-refractivity contribution in [3.05, 3.63) is 78.4 Å². The smallest absolute Gasteiger partial charge is 0.168 e. The quantitative estimate of drug-likeness (QED) is 0.288. The van der Waals surface area contributed by atoms with Crippen LogP contribution in [0.25, 0.3) is 21.9 Å². The van der Waals surface area contributed by atoms with Crippen LogP contribution in [0.1, 0.15) is 68.0 Å². The fourth-order valence-corrected chi connectivity index (χ4v) is 4.59. The van der Waals surface area contributed by atoms with Gasteiger partial charge in [-0.2, -0.15) is 5.10 Å². The van der Waals surface area contributed by atoms with E-state index in [0.717, 1.165) is 46.2 Å². The van der Waals surface area contributed by atoms with Crippen molar-refractivity contribution < 1.29 is 9.53 Å². The number of hydrogen-bond acceptors (Lipinski definition) is 4. The summed E-state index contributed by atoms with van der Waals surface area (Å²) in [5, 5.41) is 6.58. The zero-order valence-corrected chi connectivity index (χ0v) is 19.9. The first-order valence-electron chi connectivity index (χ1n) is 12.3. The number of carbonyl (C=O) groups is 1. The molecule has 0 atom stereocenters. The summed E-state index contributed by atoms with van der Waals surface area (Å²) in [5.74, 6) is 0.908. The number of pyridine rings is 1. The minimum Gasteiger partial charge on any atom is -0.490 e. The fourth-order valence-electron chi connectivity index (χ4n) is 4.59. The van der Waals surface area contributed by atoms with Gasteiger partial charge in [0.1, 0.15) is 5.75 Å². The SMILES string of the molecule is CC(C)n1cc(-c2ccc3cnc(CC(=O)c4ccc(OC5CCCCC5)cc4)cc3c2)cn1. The Morgan fingerprint density at radius 2 is 1.76 bits per heavy atom. The minimum absolute atomic E-state index is 0.0606. The van der Waals surface area contributed by atoms with Crippen LogP contribution < -0.4 is 4.74 Å². The molecule has 5 heteroatoms. The average molecular weight is 454 g/mol. The van der Waals surface area contributed by atoms with E-state index in [9.17, 15) is 4.79 Å². The summed E-state index contributed by atoms with van der Waals surface area (Å²) in [6, 6.07) is 16.2. The predicted molar refractivity (Wildman–Crippen MR) is 135 cm³/mol. The highest BCUT2D eigenvalue weighted by atomic mass is 16.5. The molecule has 4 aromatic rings. The summed E-state index contributed by atoms with van der Waals surface area (Å²) < 4.78 is 8.05. The van der Waals surface area contributed by atoms with Gasteiger partial charge in [0.15, 0.2) is 5.78 Å². The van der Waals surface area contributed by atoms with E-state index in [2.05, 4.69) is 48.3 Å². The van der Waals surface area contributed by atoms with Gasteiger partial charge < -0.3 is 4.74 Å². The second-order valence-electron chi connectivity index (χ2n) is 9.54. The first-order valence-corrected chi connectivity index (χ1v) is 12.3. The molecule has 2 heterocycles. The number of nitrogens with zero attached hydrogens (tertiary/aromatic N) is 3. The van der Waals surface area contributed by atoms with Crippen LogP contribution in [0.5, 0.6) is 5.75 Å². The largest absolute Gasteiger partial charge is 0.490 e. The van der Waals surface area contributed by atoms with E-state index < -0.39 is 0 Å². The summed E-state index contributed by atoms with van der Waals surface area (Å²) in [6.45, 7) is 4.23. The summed E-state index contributed by atoms with van der Waals surface area (Å²) in [7, 11) is 0. The van der Waals surface area contributed by atoms with Crippen molar-refractivity contribution in [3.8, 4) is 16.9 Å². The molecule has 5 rings (SSSR count). The van der Waals surface area contributed by atoms with Crippen LogP contribution >= 0.6 is 0 Å². The van der Waals surface area contributed by atoms with E-state index in [1.807, 2.05) is 47.4 Å². The standard InChI is InChI=1S/C29H31N3O2/c1-20(2)32-19-25(18-31-32)22-8-9-23-17-30-26(15-24(23)14-22)16-29(33)21-10-12-28(13-11-21)34-27-6-4-3-5-7-27/h8-15,17-20,27H,3-7,16H2,1-2H3. The van der Waals surface area contributed by atoms with Crippen LogP contribution in [-0.2, 0) is 6.42 Å². The third-order valence-electron chi connectivity index (χ3n) is 6.62. The lowest BCUT2D eigenvalue weighted by Crippen LogP contribution is -2.19. The molecule has 0 saturated heterocycles. The Morgan fingerprint density at radius 1 is 0.971 bits per heavy atom. The van der Waals surface area contributed by atoms with Gasteiger partial charge in [-0.15, -0.1) is 0 Å². The Hall–Kier alpha value is -3.47. The van der Waals surface area contributed by atoms with Crippen LogP contribution in [-0.4, -0.2) is 26.7 Å². The average Bonchev–Trinajstić information content (AvgIpc) is 3.36. The topological polar surface area (TPSA) is 57.0 Å². The number of ketones is 1. The second-order valence-corrected chi connectivity index (χ2v) is 9.54. The van der Waals surface area contributed by atoms with Crippen LogP contribution in [0.15, 0.2) is 67.1 Å². The third kappa shape index (κ3) is 5.04. The Bertz CT molecular complexity index is 1280. The molecule has 174 valence electrons. The molecule has 0 unspecified atom stereocenters. The Kier molecular flexibility index (Phi) is 6.43. The predicted octanol–water partition coefficient (Wildman–Crippen LogP) is 6.82. The van der Waals surface area contributed by atoms with E-state index in [-0.39, 0.29) is 12.2 Å². The number of Topliss-reactive ketones (excluding diaryl/α,β-unsaturated/α-hetero) is 1. The molecule has 1 saturated carbocycles. The maximum Gasteiger partial charge on any atom is 0.168 e. The molecule has 0 bridgehead atoms. The molecule has 2 aromatic carbocycles. The monoisotopic (exact) mass is 453 g/mol. The van der Waals surface area contributed by atoms with Gasteiger partial charge in [0.2, 0.25) is 0 Å². The molecule has 0 amide bonds. The lowest BCUT2D eigenvalue weighted by Gasteiger charge is -2.23. The van der Waals surface area contributed by atoms with Crippen molar-refractivity contribution in [3.63, 3.8) is 0 Å². The summed E-state index contributed by atoms with van der Waals surface area (Å²) in [6.07, 6.45) is 12.4. The van der Waals surface area contributed by atoms with Gasteiger partial charge in [-0.25, -0.2) is 0 Å². The molecule has 2 aromatic heterocycles. The summed E-state index contributed by atoms with van der Waals surface area (Å²) >= 11 is 0. The molecular weight excluding hydrogens is 422 g/mol. The molecule has 0 aliphatic heterocycles. The molecule has 1 aliphatic carbocycles. The number of hydrogen-bond donors (Lipinski definition) is 0. The van der Waals surface area contributed by atoms with Gasteiger partial charge in [0, 0.05) is 40.6 Å². The first-order chi connectivity index (χ1) is 16.5. The Morgan fingerprint density at radius 3 is 2.50 bits per heavy atom. The van der Waals surface area contributed by atoms with Crippen molar-refractivity contribution in [2.75, 3.05) is 0 Å². The molecular formula is C29H31N3O2. The molecule has 5 nitrogen and oxygen atoms in total. The maximum atomic E-state index is 12.9. The van der Waals surface area contributed by atoms with E-state index in [1.165, 1.54) is 19.3 Å². The van der Waals surface area contributed by atoms with Crippen LogP contribution in [0, 0.1) is 0 Å². The van der Waals surface area contributed by atoms with Crippen molar-refractivity contribution in [1.82, 2.24) is 14.8 Å². The number of rotatable bonds is 7. The summed E-state index contributed by atoms with van der Waals surface area (Å²) in [5.41, 5.74) is 3.65. The Balaban J connectivity index is 1.29. The molecule has 0 N–H and O–H groups in total. The van der Waals surface area contributed by atoms with Crippen molar-refractivity contribution in [1.29, 1.82) is 0 Å². The van der Waals surface area contributed by atoms with Gasteiger partial charge in [-0.05, 0) is 86.9 Å². The third-order valence-corrected chi connectivity index (χ3v) is 6.62. The van der Waals surface area contributed by atoms with Crippen molar-refractivity contribution >= 4 is 16.6 Å². The second kappa shape index (κ2) is 9.80. The van der Waals surface area contributed by atoms with E-state index in [4.69, 9.17) is 4.74 Å². The normalized spacial score (nSPS) is 14.6. The Labute approximate surface area is 200 Å². The number of ether oxygens (including phenoxy) is 1. The van der Waals surface area contributed by atoms with Gasteiger partial charge in [-0.3, -0.25) is 14.5 Å². The highest BCUT2D eigenvalue weighted by molar-refractivity contribution is 5.98. The number of aromatic nitrogens is 3. The lowest BCUT2D eigenvalue weighted by molar-refractivity contribution is 0.0992. The zero-order valence-electron chi connectivity index (χ0n) is 19.9. The number of carbonyl (C=O) groups excluding carboxylic acids is 1. The van der Waals surface area contributed by atoms with Crippen LogP contribution in [0.2, 0.25) is 0 Å². The van der Waals surface area contributed by atoms with Gasteiger partial charge >= 0.3 is 0 Å².